The second kappa shape index (κ2) is 8.52. The van der Waals surface area contributed by atoms with Crippen molar-refractivity contribution in [3.8, 4) is 0 Å². The maximum atomic E-state index is 5.95. The molecule has 0 radical (unpaired) electrons. The smallest absolute Gasteiger partial charge is 0.00535 e. The highest BCUT2D eigenvalue weighted by molar-refractivity contribution is 4.70. The van der Waals surface area contributed by atoms with E-state index in [1.807, 2.05) is 0 Å². The van der Waals surface area contributed by atoms with E-state index in [4.69, 9.17) is 11.5 Å². The number of rotatable bonds is 8. The van der Waals surface area contributed by atoms with Crippen LogP contribution in [0.2, 0.25) is 0 Å². The zero-order chi connectivity index (χ0) is 10.1. The zero-order valence-electron chi connectivity index (χ0n) is 9.26. The normalized spacial score (nSPS) is 15.7. The fraction of sp³-hybridized carbons (Fsp3) is 1.00. The van der Waals surface area contributed by atoms with Gasteiger partial charge in [0.2, 0.25) is 0 Å². The predicted octanol–water partition coefficient (Wildman–Crippen LogP) is 2.41. The highest BCUT2D eigenvalue weighted by Crippen LogP contribution is 2.08. The molecule has 0 heterocycles. The van der Waals surface area contributed by atoms with E-state index >= 15 is 0 Å². The molecule has 0 aromatic carbocycles. The Balaban J connectivity index is 3.35. The molecule has 0 aromatic heterocycles. The van der Waals surface area contributed by atoms with Crippen molar-refractivity contribution in [2.24, 2.45) is 11.5 Å². The molecule has 2 unspecified atom stereocenters. The van der Waals surface area contributed by atoms with E-state index in [1.54, 1.807) is 0 Å². The fourth-order valence-electron chi connectivity index (χ4n) is 1.56. The minimum absolute atomic E-state index is 0.326. The van der Waals surface area contributed by atoms with Gasteiger partial charge in [0.15, 0.2) is 0 Å². The van der Waals surface area contributed by atoms with E-state index in [2.05, 4.69) is 13.8 Å². The van der Waals surface area contributed by atoms with Gasteiger partial charge in [-0.15, -0.1) is 0 Å². The molecule has 2 heteroatoms. The molecule has 0 spiro atoms. The molecule has 13 heavy (non-hydrogen) atoms. The second-order valence-corrected chi connectivity index (χ2v) is 4.04. The van der Waals surface area contributed by atoms with Gasteiger partial charge in [0.25, 0.3) is 0 Å². The van der Waals surface area contributed by atoms with Gasteiger partial charge in [0, 0.05) is 12.1 Å². The Bertz CT molecular complexity index is 92.3. The Morgan fingerprint density at radius 2 is 1.23 bits per heavy atom. The molecule has 0 bridgehead atoms. The monoisotopic (exact) mass is 186 g/mol. The van der Waals surface area contributed by atoms with Gasteiger partial charge in [0.1, 0.15) is 0 Å². The molecule has 0 aliphatic heterocycles. The van der Waals surface area contributed by atoms with Crippen LogP contribution in [-0.2, 0) is 0 Å². The summed E-state index contributed by atoms with van der Waals surface area (Å²) < 4.78 is 0. The summed E-state index contributed by atoms with van der Waals surface area (Å²) >= 11 is 0. The molecule has 2 nitrogen and oxygen atoms in total. The van der Waals surface area contributed by atoms with Crippen molar-refractivity contribution in [2.45, 2.75) is 70.9 Å². The molecule has 0 rings (SSSR count). The first-order valence-electron chi connectivity index (χ1n) is 5.71. The van der Waals surface area contributed by atoms with Crippen LogP contribution in [0.25, 0.3) is 0 Å². The average Bonchev–Trinajstić information content (AvgIpc) is 2.11. The summed E-state index contributed by atoms with van der Waals surface area (Å²) in [5.41, 5.74) is 11.9. The van der Waals surface area contributed by atoms with Gasteiger partial charge in [-0.2, -0.15) is 0 Å². The van der Waals surface area contributed by atoms with Gasteiger partial charge < -0.3 is 11.5 Å². The van der Waals surface area contributed by atoms with Gasteiger partial charge >= 0.3 is 0 Å². The summed E-state index contributed by atoms with van der Waals surface area (Å²) in [6, 6.07) is 0.651. The van der Waals surface area contributed by atoms with E-state index < -0.39 is 0 Å². The minimum Gasteiger partial charge on any atom is -0.328 e. The summed E-state index contributed by atoms with van der Waals surface area (Å²) in [6.45, 7) is 4.40. The first-order chi connectivity index (χ1) is 6.20. The van der Waals surface area contributed by atoms with Crippen molar-refractivity contribution in [2.75, 3.05) is 0 Å². The second-order valence-electron chi connectivity index (χ2n) is 4.04. The molecule has 0 fully saturated rings. The Morgan fingerprint density at radius 3 is 1.54 bits per heavy atom. The predicted molar refractivity (Wildman–Crippen MR) is 59.6 cm³/mol. The fourth-order valence-corrected chi connectivity index (χ4v) is 1.56. The Morgan fingerprint density at radius 1 is 0.846 bits per heavy atom. The van der Waals surface area contributed by atoms with Crippen molar-refractivity contribution < 1.29 is 0 Å². The zero-order valence-corrected chi connectivity index (χ0v) is 9.26. The molecule has 0 aliphatic rings. The first-order valence-corrected chi connectivity index (χ1v) is 5.71. The van der Waals surface area contributed by atoms with Crippen molar-refractivity contribution in [1.29, 1.82) is 0 Å². The summed E-state index contributed by atoms with van der Waals surface area (Å²) in [7, 11) is 0. The lowest BCUT2D eigenvalue weighted by atomic mass is 9.99. The molecular weight excluding hydrogens is 160 g/mol. The maximum absolute atomic E-state index is 5.95. The molecular formula is C11H26N2. The Hall–Kier alpha value is -0.0800. The van der Waals surface area contributed by atoms with E-state index in [0.29, 0.717) is 12.1 Å². The summed E-state index contributed by atoms with van der Waals surface area (Å²) in [5.74, 6) is 0. The van der Waals surface area contributed by atoms with Crippen molar-refractivity contribution in [1.82, 2.24) is 0 Å². The molecule has 0 aliphatic carbocycles. The number of nitrogens with two attached hydrogens (primary N) is 2. The molecule has 0 saturated heterocycles. The van der Waals surface area contributed by atoms with Crippen LogP contribution in [0.15, 0.2) is 0 Å². The van der Waals surface area contributed by atoms with E-state index in [1.165, 1.54) is 25.7 Å². The lowest BCUT2D eigenvalue weighted by molar-refractivity contribution is 0.456. The third kappa shape index (κ3) is 8.26. The van der Waals surface area contributed by atoms with E-state index in [0.717, 1.165) is 19.3 Å². The van der Waals surface area contributed by atoms with Crippen LogP contribution in [0.5, 0.6) is 0 Å². The van der Waals surface area contributed by atoms with Crippen molar-refractivity contribution in [3.63, 3.8) is 0 Å². The van der Waals surface area contributed by atoms with Gasteiger partial charge in [-0.1, -0.05) is 39.5 Å². The topological polar surface area (TPSA) is 52.0 Å². The van der Waals surface area contributed by atoms with Crippen LogP contribution in [0, 0.1) is 0 Å². The highest BCUT2D eigenvalue weighted by Gasteiger charge is 2.08. The van der Waals surface area contributed by atoms with Gasteiger partial charge in [-0.05, 0) is 19.3 Å². The number of unbranched alkanes of at least 4 members (excludes halogenated alkanes) is 2. The van der Waals surface area contributed by atoms with Crippen LogP contribution in [0.4, 0.5) is 0 Å². The standard InChI is InChI=1S/C11H26N2/c1-3-5-7-10(12)9-11(13)8-6-4-2/h10-11H,3-9,12-13H2,1-2H3. The molecule has 4 N–H and O–H groups in total. The van der Waals surface area contributed by atoms with Gasteiger partial charge in [0.05, 0.1) is 0 Å². The quantitative estimate of drug-likeness (QED) is 0.611. The number of hydrogen-bond acceptors (Lipinski definition) is 2. The summed E-state index contributed by atoms with van der Waals surface area (Å²) in [5, 5.41) is 0. The van der Waals surface area contributed by atoms with E-state index in [-0.39, 0.29) is 0 Å². The van der Waals surface area contributed by atoms with Gasteiger partial charge in [-0.3, -0.25) is 0 Å². The molecule has 0 amide bonds. The Labute approximate surface area is 83.1 Å². The Kier molecular flexibility index (Phi) is 8.46. The van der Waals surface area contributed by atoms with Gasteiger partial charge in [-0.25, -0.2) is 0 Å². The highest BCUT2D eigenvalue weighted by atomic mass is 14.7. The molecule has 2 atom stereocenters. The SMILES string of the molecule is CCCCC(N)CC(N)CCCC. The minimum atomic E-state index is 0.326. The summed E-state index contributed by atoms with van der Waals surface area (Å²) in [4.78, 5) is 0. The van der Waals surface area contributed by atoms with Crippen LogP contribution < -0.4 is 11.5 Å². The van der Waals surface area contributed by atoms with Crippen molar-refractivity contribution in [3.05, 3.63) is 0 Å². The molecule has 0 aromatic rings. The van der Waals surface area contributed by atoms with Crippen molar-refractivity contribution >= 4 is 0 Å². The first kappa shape index (κ1) is 12.9. The van der Waals surface area contributed by atoms with Crippen LogP contribution in [-0.4, -0.2) is 12.1 Å². The lowest BCUT2D eigenvalue weighted by Gasteiger charge is -2.16. The molecule has 0 saturated carbocycles. The van der Waals surface area contributed by atoms with E-state index in [9.17, 15) is 0 Å². The third-order valence-corrected chi connectivity index (χ3v) is 2.46. The average molecular weight is 186 g/mol. The largest absolute Gasteiger partial charge is 0.328 e. The summed E-state index contributed by atoms with van der Waals surface area (Å²) in [6.07, 6.45) is 8.21. The number of hydrogen-bond donors (Lipinski definition) is 2. The lowest BCUT2D eigenvalue weighted by Crippen LogP contribution is -2.31. The third-order valence-electron chi connectivity index (χ3n) is 2.46. The van der Waals surface area contributed by atoms with Crippen LogP contribution >= 0.6 is 0 Å². The maximum Gasteiger partial charge on any atom is 0.00535 e. The van der Waals surface area contributed by atoms with Crippen LogP contribution in [0.1, 0.15) is 58.8 Å². The molecule has 80 valence electrons. The van der Waals surface area contributed by atoms with Crippen LogP contribution in [0.3, 0.4) is 0 Å².